The Hall–Kier alpha value is -2.37. The van der Waals surface area contributed by atoms with E-state index in [1.807, 2.05) is 24.3 Å². The van der Waals surface area contributed by atoms with Crippen molar-refractivity contribution < 1.29 is 14.3 Å². The number of amides is 1. The van der Waals surface area contributed by atoms with Crippen LogP contribution in [0.5, 0.6) is 5.75 Å². The molecule has 1 heterocycles. The number of aryl methyl sites for hydroxylation is 2. The lowest BCUT2D eigenvalue weighted by atomic mass is 10.0. The molecule has 5 heteroatoms. The number of nitrogens with one attached hydrogen (secondary N) is 1. The average molecular weight is 383 g/mol. The highest BCUT2D eigenvalue weighted by molar-refractivity contribution is 5.77. The van der Waals surface area contributed by atoms with E-state index in [4.69, 9.17) is 9.47 Å². The zero-order valence-corrected chi connectivity index (χ0v) is 16.8. The highest BCUT2D eigenvalue weighted by atomic mass is 16.5. The van der Waals surface area contributed by atoms with Crippen LogP contribution in [0.15, 0.2) is 48.5 Å². The molecule has 0 bridgehead atoms. The van der Waals surface area contributed by atoms with Crippen LogP contribution in [0.2, 0.25) is 0 Å². The molecule has 0 radical (unpaired) electrons. The van der Waals surface area contributed by atoms with Crippen LogP contribution in [0.25, 0.3) is 0 Å². The molecule has 1 amide bonds. The summed E-state index contributed by atoms with van der Waals surface area (Å²) in [5.74, 6) is 0.612. The first-order chi connectivity index (χ1) is 13.7. The Labute approximate surface area is 167 Å². The van der Waals surface area contributed by atoms with E-state index in [9.17, 15) is 4.79 Å². The van der Waals surface area contributed by atoms with Crippen molar-refractivity contribution in [1.82, 2.24) is 10.2 Å². The number of hydrogen-bond donors (Lipinski definition) is 1. The third kappa shape index (κ3) is 5.81. The molecule has 1 fully saturated rings. The van der Waals surface area contributed by atoms with Gasteiger partial charge in [0.15, 0.2) is 6.61 Å². The second kappa shape index (κ2) is 10.2. The molecule has 0 aromatic heterocycles. The highest BCUT2D eigenvalue weighted by Gasteiger charge is 2.23. The summed E-state index contributed by atoms with van der Waals surface area (Å²) in [6, 6.07) is 16.5. The van der Waals surface area contributed by atoms with E-state index in [1.165, 1.54) is 16.7 Å². The first-order valence-electron chi connectivity index (χ1n) is 10.0. The van der Waals surface area contributed by atoms with Crippen LogP contribution in [0.3, 0.4) is 0 Å². The first-order valence-corrected chi connectivity index (χ1v) is 10.0. The van der Waals surface area contributed by atoms with Crippen molar-refractivity contribution in [2.45, 2.75) is 26.3 Å². The number of ether oxygens (including phenoxy) is 2. The molecule has 1 aliphatic heterocycles. The molecule has 3 rings (SSSR count). The van der Waals surface area contributed by atoms with E-state index in [2.05, 4.69) is 48.3 Å². The summed E-state index contributed by atoms with van der Waals surface area (Å²) in [5, 5.41) is 3.04. The van der Waals surface area contributed by atoms with Crippen molar-refractivity contribution in [3.05, 3.63) is 65.2 Å². The van der Waals surface area contributed by atoms with Gasteiger partial charge in [-0.2, -0.15) is 0 Å². The Kier molecular flexibility index (Phi) is 7.46. The van der Waals surface area contributed by atoms with Gasteiger partial charge in [0.25, 0.3) is 5.91 Å². The van der Waals surface area contributed by atoms with Crippen molar-refractivity contribution in [2.75, 3.05) is 39.5 Å². The van der Waals surface area contributed by atoms with Crippen molar-refractivity contribution in [2.24, 2.45) is 0 Å². The van der Waals surface area contributed by atoms with E-state index < -0.39 is 0 Å². The Bertz CT molecular complexity index is 737. The molecule has 2 aromatic carbocycles. The van der Waals surface area contributed by atoms with Crippen molar-refractivity contribution in [3.63, 3.8) is 0 Å². The fourth-order valence-corrected chi connectivity index (χ4v) is 3.37. The standard InChI is InChI=1S/C23H30N2O3/c1-3-19-6-10-21(11-7-19)28-17-23(26)24-16-22(25-12-14-27-15-13-25)20-8-4-18(2)5-9-20/h4-11,22H,3,12-17H2,1-2H3,(H,24,26)/t22-/m1/s1. The highest BCUT2D eigenvalue weighted by Crippen LogP contribution is 2.22. The Morgan fingerprint density at radius 3 is 2.43 bits per heavy atom. The van der Waals surface area contributed by atoms with Crippen molar-refractivity contribution >= 4 is 5.91 Å². The second-order valence-corrected chi connectivity index (χ2v) is 7.17. The van der Waals surface area contributed by atoms with Gasteiger partial charge in [-0.15, -0.1) is 0 Å². The van der Waals surface area contributed by atoms with Crippen LogP contribution >= 0.6 is 0 Å². The summed E-state index contributed by atoms with van der Waals surface area (Å²) in [7, 11) is 0. The lowest BCUT2D eigenvalue weighted by Gasteiger charge is -2.35. The molecule has 0 unspecified atom stereocenters. The minimum Gasteiger partial charge on any atom is -0.484 e. The maximum Gasteiger partial charge on any atom is 0.258 e. The molecule has 5 nitrogen and oxygen atoms in total. The van der Waals surface area contributed by atoms with E-state index in [1.54, 1.807) is 0 Å². The zero-order valence-electron chi connectivity index (χ0n) is 16.8. The molecular weight excluding hydrogens is 352 g/mol. The normalized spacial score (nSPS) is 15.8. The van der Waals surface area contributed by atoms with Gasteiger partial charge in [-0.3, -0.25) is 9.69 Å². The van der Waals surface area contributed by atoms with Gasteiger partial charge in [0.2, 0.25) is 0 Å². The number of carbonyl (C=O) groups excluding carboxylic acids is 1. The number of carbonyl (C=O) groups is 1. The fourth-order valence-electron chi connectivity index (χ4n) is 3.37. The predicted octanol–water partition coefficient (Wildman–Crippen LogP) is 3.13. The number of benzene rings is 2. The molecule has 150 valence electrons. The molecular formula is C23H30N2O3. The number of hydrogen-bond acceptors (Lipinski definition) is 4. The molecule has 0 saturated carbocycles. The van der Waals surface area contributed by atoms with Gasteiger partial charge in [-0.25, -0.2) is 0 Å². The van der Waals surface area contributed by atoms with Crippen molar-refractivity contribution in [3.8, 4) is 5.75 Å². The van der Waals surface area contributed by atoms with Crippen LogP contribution in [0.1, 0.15) is 29.7 Å². The van der Waals surface area contributed by atoms with Crippen LogP contribution in [0, 0.1) is 6.92 Å². The smallest absolute Gasteiger partial charge is 0.258 e. The Balaban J connectivity index is 1.55. The minimum atomic E-state index is -0.107. The Morgan fingerprint density at radius 2 is 1.79 bits per heavy atom. The summed E-state index contributed by atoms with van der Waals surface area (Å²) in [4.78, 5) is 14.7. The van der Waals surface area contributed by atoms with Crippen LogP contribution in [-0.2, 0) is 16.0 Å². The lowest BCUT2D eigenvalue weighted by Crippen LogP contribution is -2.44. The molecule has 1 aliphatic rings. The lowest BCUT2D eigenvalue weighted by molar-refractivity contribution is -0.123. The molecule has 2 aromatic rings. The van der Waals surface area contributed by atoms with E-state index in [-0.39, 0.29) is 18.6 Å². The topological polar surface area (TPSA) is 50.8 Å². The Morgan fingerprint density at radius 1 is 1.11 bits per heavy atom. The number of nitrogens with zero attached hydrogens (tertiary/aromatic N) is 1. The molecule has 1 saturated heterocycles. The van der Waals surface area contributed by atoms with Gasteiger partial charge in [0.1, 0.15) is 5.75 Å². The molecule has 0 spiro atoms. The average Bonchev–Trinajstić information content (AvgIpc) is 2.75. The third-order valence-corrected chi connectivity index (χ3v) is 5.14. The number of rotatable bonds is 8. The van der Waals surface area contributed by atoms with Crippen LogP contribution in [-0.4, -0.2) is 50.3 Å². The molecule has 1 atom stereocenters. The zero-order chi connectivity index (χ0) is 19.8. The van der Waals surface area contributed by atoms with Gasteiger partial charge < -0.3 is 14.8 Å². The monoisotopic (exact) mass is 382 g/mol. The second-order valence-electron chi connectivity index (χ2n) is 7.17. The predicted molar refractivity (Wildman–Crippen MR) is 111 cm³/mol. The van der Waals surface area contributed by atoms with Crippen LogP contribution < -0.4 is 10.1 Å². The number of morpholine rings is 1. The maximum atomic E-state index is 12.3. The molecule has 28 heavy (non-hydrogen) atoms. The van der Waals surface area contributed by atoms with Gasteiger partial charge in [0.05, 0.1) is 19.3 Å². The minimum absolute atomic E-state index is 0.0230. The van der Waals surface area contributed by atoms with Crippen LogP contribution in [0.4, 0.5) is 0 Å². The summed E-state index contributed by atoms with van der Waals surface area (Å²) in [6.07, 6.45) is 0.989. The maximum absolute atomic E-state index is 12.3. The van der Waals surface area contributed by atoms with Gasteiger partial charge in [-0.05, 0) is 36.6 Å². The summed E-state index contributed by atoms with van der Waals surface area (Å²) in [5.41, 5.74) is 3.70. The SMILES string of the molecule is CCc1ccc(OCC(=O)NC[C@H](c2ccc(C)cc2)N2CCOCC2)cc1. The molecule has 0 aliphatic carbocycles. The van der Waals surface area contributed by atoms with E-state index in [0.29, 0.717) is 6.54 Å². The fraction of sp³-hybridized carbons (Fsp3) is 0.435. The van der Waals surface area contributed by atoms with Gasteiger partial charge in [0, 0.05) is 19.6 Å². The van der Waals surface area contributed by atoms with Gasteiger partial charge in [-0.1, -0.05) is 48.9 Å². The van der Waals surface area contributed by atoms with E-state index >= 15 is 0 Å². The molecule has 1 N–H and O–H groups in total. The largest absolute Gasteiger partial charge is 0.484 e. The summed E-state index contributed by atoms with van der Waals surface area (Å²) in [6.45, 7) is 7.97. The summed E-state index contributed by atoms with van der Waals surface area (Å²) >= 11 is 0. The van der Waals surface area contributed by atoms with Gasteiger partial charge >= 0.3 is 0 Å². The van der Waals surface area contributed by atoms with E-state index in [0.717, 1.165) is 38.5 Å². The summed E-state index contributed by atoms with van der Waals surface area (Å²) < 4.78 is 11.1. The van der Waals surface area contributed by atoms with Crippen molar-refractivity contribution in [1.29, 1.82) is 0 Å². The first kappa shape index (κ1) is 20.4. The third-order valence-electron chi connectivity index (χ3n) is 5.14. The quantitative estimate of drug-likeness (QED) is 0.762.